The van der Waals surface area contributed by atoms with Gasteiger partial charge in [0.1, 0.15) is 5.69 Å². The minimum Gasteiger partial charge on any atom is -0.477 e. The Bertz CT molecular complexity index is 385. The maximum Gasteiger partial charge on any atom is 0.493 e. The summed E-state index contributed by atoms with van der Waals surface area (Å²) in [6.07, 6.45) is 0.955. The monoisotopic (exact) mass is 183 g/mol. The van der Waals surface area contributed by atoms with Crippen molar-refractivity contribution in [1.82, 2.24) is 4.98 Å². The van der Waals surface area contributed by atoms with E-state index in [1.54, 1.807) is 0 Å². The van der Waals surface area contributed by atoms with Gasteiger partial charge in [0.05, 0.1) is 0 Å². The molecule has 0 amide bonds. The fourth-order valence-electron chi connectivity index (χ4n) is 0.808. The summed E-state index contributed by atoms with van der Waals surface area (Å²) < 4.78 is 0. The maximum absolute atomic E-state index is 11.0. The standard InChI is InChI=1S/C6H6BNO5/c9-5-1-4(6(10)11)8-2-3(5)7(12)13/h1-2,12-13H,(H,8,9)(H,10,11). The summed E-state index contributed by atoms with van der Waals surface area (Å²) in [5.74, 6) is -1.28. The van der Waals surface area contributed by atoms with E-state index in [9.17, 15) is 9.59 Å². The molecule has 7 heteroatoms. The van der Waals surface area contributed by atoms with Crippen LogP contribution in [0.1, 0.15) is 10.5 Å². The number of rotatable bonds is 2. The summed E-state index contributed by atoms with van der Waals surface area (Å²) in [7, 11) is -1.90. The molecule has 13 heavy (non-hydrogen) atoms. The molecule has 0 bridgehead atoms. The molecule has 0 fully saturated rings. The number of nitrogens with one attached hydrogen (secondary N) is 1. The summed E-state index contributed by atoms with van der Waals surface area (Å²) in [6, 6.07) is 0.789. The molecule has 4 N–H and O–H groups in total. The molecule has 1 heterocycles. The Kier molecular flexibility index (Phi) is 2.50. The number of hydrogen-bond donors (Lipinski definition) is 4. The van der Waals surface area contributed by atoms with Gasteiger partial charge in [-0.05, 0) is 0 Å². The van der Waals surface area contributed by atoms with Crippen molar-refractivity contribution in [3.05, 3.63) is 28.2 Å². The third-order valence-electron chi connectivity index (χ3n) is 1.45. The molecule has 1 rings (SSSR count). The van der Waals surface area contributed by atoms with Crippen molar-refractivity contribution >= 4 is 18.6 Å². The van der Waals surface area contributed by atoms with Crippen LogP contribution >= 0.6 is 0 Å². The molecule has 0 atom stereocenters. The third kappa shape index (κ3) is 1.95. The van der Waals surface area contributed by atoms with E-state index in [1.165, 1.54) is 0 Å². The number of hydrogen-bond acceptors (Lipinski definition) is 4. The van der Waals surface area contributed by atoms with Crippen LogP contribution < -0.4 is 10.9 Å². The lowest BCUT2D eigenvalue weighted by atomic mass is 9.81. The predicted octanol–water partition coefficient (Wildman–Crippen LogP) is -2.25. The Hall–Kier alpha value is -1.60. The first-order valence-corrected chi connectivity index (χ1v) is 3.34. The molecule has 1 aromatic rings. The van der Waals surface area contributed by atoms with Crippen LogP contribution in [0.4, 0.5) is 0 Å². The van der Waals surface area contributed by atoms with Gasteiger partial charge in [0, 0.05) is 17.7 Å². The Morgan fingerprint density at radius 1 is 1.46 bits per heavy atom. The number of aromatic amines is 1. The van der Waals surface area contributed by atoms with Crippen molar-refractivity contribution in [3.63, 3.8) is 0 Å². The third-order valence-corrected chi connectivity index (χ3v) is 1.45. The Morgan fingerprint density at radius 3 is 2.46 bits per heavy atom. The molecule has 1 aromatic heterocycles. The van der Waals surface area contributed by atoms with Crippen LogP contribution in [0, 0.1) is 0 Å². The molecule has 68 valence electrons. The van der Waals surface area contributed by atoms with Gasteiger partial charge in [-0.2, -0.15) is 0 Å². The van der Waals surface area contributed by atoms with Gasteiger partial charge in [0.25, 0.3) is 0 Å². The van der Waals surface area contributed by atoms with E-state index in [1.807, 2.05) is 0 Å². The molecule has 0 aliphatic carbocycles. The van der Waals surface area contributed by atoms with Gasteiger partial charge in [0.2, 0.25) is 0 Å². The van der Waals surface area contributed by atoms with Gasteiger partial charge in [0.15, 0.2) is 5.43 Å². The van der Waals surface area contributed by atoms with E-state index in [0.717, 1.165) is 12.3 Å². The number of carboxylic acids is 1. The molecule has 0 spiro atoms. The van der Waals surface area contributed by atoms with Crippen molar-refractivity contribution in [1.29, 1.82) is 0 Å². The summed E-state index contributed by atoms with van der Waals surface area (Å²) in [5, 5.41) is 25.7. The number of aromatic nitrogens is 1. The zero-order chi connectivity index (χ0) is 10.0. The number of carbonyl (C=O) groups is 1. The molecule has 0 saturated carbocycles. The summed E-state index contributed by atoms with van der Waals surface area (Å²) >= 11 is 0. The number of H-pyrrole nitrogens is 1. The molecule has 0 aliphatic rings. The van der Waals surface area contributed by atoms with Crippen LogP contribution in [-0.2, 0) is 0 Å². The second kappa shape index (κ2) is 3.42. The van der Waals surface area contributed by atoms with E-state index in [-0.39, 0.29) is 11.2 Å². The maximum atomic E-state index is 11.0. The normalized spacial score (nSPS) is 9.69. The van der Waals surface area contributed by atoms with Crippen molar-refractivity contribution in [3.8, 4) is 0 Å². The smallest absolute Gasteiger partial charge is 0.477 e. The first-order chi connectivity index (χ1) is 6.02. The zero-order valence-electron chi connectivity index (χ0n) is 6.39. The minimum atomic E-state index is -1.90. The second-order valence-corrected chi connectivity index (χ2v) is 2.35. The SMILES string of the molecule is O=C(O)c1cc(=O)c(B(O)O)c[nH]1. The van der Waals surface area contributed by atoms with Gasteiger partial charge in [-0.15, -0.1) is 0 Å². The van der Waals surface area contributed by atoms with E-state index in [0.29, 0.717) is 0 Å². The van der Waals surface area contributed by atoms with Crippen LogP contribution in [0.15, 0.2) is 17.1 Å². The fraction of sp³-hybridized carbons (Fsp3) is 0. The van der Waals surface area contributed by atoms with Crippen molar-refractivity contribution < 1.29 is 19.9 Å². The lowest BCUT2D eigenvalue weighted by Gasteiger charge is -1.98. The van der Waals surface area contributed by atoms with Crippen LogP contribution in [-0.4, -0.2) is 33.2 Å². The fourth-order valence-corrected chi connectivity index (χ4v) is 0.808. The number of aromatic carboxylic acids is 1. The highest BCUT2D eigenvalue weighted by Crippen LogP contribution is 1.86. The van der Waals surface area contributed by atoms with E-state index < -0.39 is 18.5 Å². The molecular formula is C6H6BNO5. The van der Waals surface area contributed by atoms with E-state index in [4.69, 9.17) is 15.2 Å². The topological polar surface area (TPSA) is 111 Å². The quantitative estimate of drug-likeness (QED) is 0.387. The average Bonchev–Trinajstić information content (AvgIpc) is 2.03. The zero-order valence-corrected chi connectivity index (χ0v) is 6.39. The van der Waals surface area contributed by atoms with Crippen LogP contribution in [0.5, 0.6) is 0 Å². The van der Waals surface area contributed by atoms with E-state index >= 15 is 0 Å². The highest BCUT2D eigenvalue weighted by Gasteiger charge is 2.16. The van der Waals surface area contributed by atoms with Crippen LogP contribution in [0.2, 0.25) is 0 Å². The molecule has 0 aliphatic heterocycles. The van der Waals surface area contributed by atoms with Crippen molar-refractivity contribution in [2.24, 2.45) is 0 Å². The Balaban J connectivity index is 3.21. The molecular weight excluding hydrogens is 177 g/mol. The molecule has 0 unspecified atom stereocenters. The summed E-state index contributed by atoms with van der Waals surface area (Å²) in [4.78, 5) is 23.6. The van der Waals surface area contributed by atoms with Crippen LogP contribution in [0.3, 0.4) is 0 Å². The largest absolute Gasteiger partial charge is 0.493 e. The lowest BCUT2D eigenvalue weighted by molar-refractivity contribution is 0.0690. The average molecular weight is 183 g/mol. The Morgan fingerprint density at radius 2 is 2.08 bits per heavy atom. The number of carboxylic acid groups (broad SMARTS) is 1. The van der Waals surface area contributed by atoms with Gasteiger partial charge >= 0.3 is 13.1 Å². The Labute approximate surface area is 72.6 Å². The molecule has 0 radical (unpaired) electrons. The first kappa shape index (κ1) is 9.49. The van der Waals surface area contributed by atoms with Gasteiger partial charge in [-0.25, -0.2) is 4.79 Å². The van der Waals surface area contributed by atoms with Gasteiger partial charge < -0.3 is 20.1 Å². The lowest BCUT2D eigenvalue weighted by Crippen LogP contribution is -2.41. The number of pyridine rings is 1. The highest BCUT2D eigenvalue weighted by atomic mass is 16.4. The molecule has 0 aromatic carbocycles. The first-order valence-electron chi connectivity index (χ1n) is 3.34. The van der Waals surface area contributed by atoms with Crippen molar-refractivity contribution in [2.75, 3.05) is 0 Å². The molecule has 0 saturated heterocycles. The van der Waals surface area contributed by atoms with Crippen LogP contribution in [0.25, 0.3) is 0 Å². The summed E-state index contributed by atoms with van der Waals surface area (Å²) in [6.45, 7) is 0. The van der Waals surface area contributed by atoms with Gasteiger partial charge in [-0.1, -0.05) is 0 Å². The van der Waals surface area contributed by atoms with E-state index in [2.05, 4.69) is 4.98 Å². The highest BCUT2D eigenvalue weighted by molar-refractivity contribution is 6.58. The van der Waals surface area contributed by atoms with Crippen molar-refractivity contribution in [2.45, 2.75) is 0 Å². The van der Waals surface area contributed by atoms with Gasteiger partial charge in [-0.3, -0.25) is 4.79 Å². The summed E-state index contributed by atoms with van der Waals surface area (Å²) in [5.41, 5.74) is -1.31. The minimum absolute atomic E-state index is 0.287. The predicted molar refractivity (Wildman–Crippen MR) is 43.8 cm³/mol. The molecule has 6 nitrogen and oxygen atoms in total. The second-order valence-electron chi connectivity index (χ2n) is 2.35.